The van der Waals surface area contributed by atoms with Gasteiger partial charge in [-0.1, -0.05) is 11.3 Å². The molecule has 0 bridgehead atoms. The number of nitrogens with one attached hydrogen (secondary N) is 1. The SMILES string of the molecule is CCNc1nnc(SC(F)(F)F)s1. The zero-order valence-corrected chi connectivity index (χ0v) is 8.18. The number of halogens is 3. The minimum absolute atomic E-state index is 0.0940. The van der Waals surface area contributed by atoms with E-state index in [1.165, 1.54) is 0 Å². The third-order valence-electron chi connectivity index (χ3n) is 0.937. The first-order valence-corrected chi connectivity index (χ1v) is 4.97. The topological polar surface area (TPSA) is 37.8 Å². The van der Waals surface area contributed by atoms with E-state index in [1.54, 1.807) is 0 Å². The lowest BCUT2D eigenvalue weighted by molar-refractivity contribution is -0.0328. The maximum atomic E-state index is 11.8. The third-order valence-corrected chi connectivity index (χ3v) is 2.60. The second-order valence-corrected chi connectivity index (χ2v) is 4.24. The third kappa shape index (κ3) is 3.81. The molecule has 0 aliphatic heterocycles. The fourth-order valence-corrected chi connectivity index (χ4v) is 2.08. The molecule has 0 radical (unpaired) electrons. The fourth-order valence-electron chi connectivity index (χ4n) is 0.573. The van der Waals surface area contributed by atoms with Crippen molar-refractivity contribution in [3.05, 3.63) is 0 Å². The summed E-state index contributed by atoms with van der Waals surface area (Å²) < 4.78 is 35.4. The van der Waals surface area contributed by atoms with Gasteiger partial charge in [-0.25, -0.2) is 0 Å². The summed E-state index contributed by atoms with van der Waals surface area (Å²) in [6.07, 6.45) is 0. The molecule has 1 heterocycles. The summed E-state index contributed by atoms with van der Waals surface area (Å²) in [5, 5.41) is 10.1. The molecular weight excluding hydrogens is 223 g/mol. The molecule has 0 aromatic carbocycles. The second kappa shape index (κ2) is 4.14. The van der Waals surface area contributed by atoms with Gasteiger partial charge in [0, 0.05) is 18.3 Å². The van der Waals surface area contributed by atoms with Crippen LogP contribution in [0, 0.1) is 0 Å². The molecule has 1 N–H and O–H groups in total. The van der Waals surface area contributed by atoms with Crippen LogP contribution in [-0.4, -0.2) is 22.3 Å². The summed E-state index contributed by atoms with van der Waals surface area (Å²) in [4.78, 5) is 0. The number of rotatable bonds is 3. The van der Waals surface area contributed by atoms with Crippen molar-refractivity contribution in [2.24, 2.45) is 0 Å². The molecule has 0 saturated carbocycles. The van der Waals surface area contributed by atoms with Crippen molar-refractivity contribution in [1.82, 2.24) is 10.2 Å². The van der Waals surface area contributed by atoms with E-state index < -0.39 is 5.51 Å². The van der Waals surface area contributed by atoms with Crippen LogP contribution in [0.1, 0.15) is 6.92 Å². The van der Waals surface area contributed by atoms with Crippen LogP contribution in [0.15, 0.2) is 4.34 Å². The van der Waals surface area contributed by atoms with Gasteiger partial charge in [-0.05, 0) is 6.92 Å². The summed E-state index contributed by atoms with van der Waals surface area (Å²) >= 11 is 0.646. The highest BCUT2D eigenvalue weighted by Crippen LogP contribution is 2.38. The van der Waals surface area contributed by atoms with Gasteiger partial charge < -0.3 is 5.32 Å². The Morgan fingerprint density at radius 1 is 1.46 bits per heavy atom. The number of aromatic nitrogens is 2. The molecule has 0 spiro atoms. The monoisotopic (exact) mass is 229 g/mol. The van der Waals surface area contributed by atoms with Crippen molar-refractivity contribution >= 4 is 28.2 Å². The Bertz CT molecular complexity index is 272. The first-order valence-electron chi connectivity index (χ1n) is 3.34. The molecule has 1 aromatic heterocycles. The molecule has 0 saturated heterocycles. The largest absolute Gasteiger partial charge is 0.448 e. The Kier molecular flexibility index (Phi) is 3.37. The maximum Gasteiger partial charge on any atom is 0.448 e. The highest BCUT2D eigenvalue weighted by Gasteiger charge is 2.31. The van der Waals surface area contributed by atoms with Crippen molar-refractivity contribution in [3.8, 4) is 0 Å². The van der Waals surface area contributed by atoms with Gasteiger partial charge in [0.05, 0.1) is 0 Å². The summed E-state index contributed by atoms with van der Waals surface area (Å²) in [7, 11) is 0. The highest BCUT2D eigenvalue weighted by atomic mass is 32.2. The number of hydrogen-bond donors (Lipinski definition) is 1. The molecule has 0 amide bonds. The Hall–Kier alpha value is -0.500. The van der Waals surface area contributed by atoms with Crippen LogP contribution in [0.5, 0.6) is 0 Å². The molecule has 3 nitrogen and oxygen atoms in total. The second-order valence-electron chi connectivity index (χ2n) is 1.95. The molecule has 13 heavy (non-hydrogen) atoms. The summed E-state index contributed by atoms with van der Waals surface area (Å²) in [5.41, 5.74) is -4.29. The average Bonchev–Trinajstić information content (AvgIpc) is 2.33. The van der Waals surface area contributed by atoms with E-state index in [-0.39, 0.29) is 16.1 Å². The highest BCUT2D eigenvalue weighted by molar-refractivity contribution is 8.01. The minimum atomic E-state index is -4.29. The van der Waals surface area contributed by atoms with Gasteiger partial charge in [-0.15, -0.1) is 10.2 Å². The number of nitrogens with zero attached hydrogens (tertiary/aromatic N) is 2. The van der Waals surface area contributed by atoms with Crippen LogP contribution >= 0.6 is 23.1 Å². The average molecular weight is 229 g/mol. The van der Waals surface area contributed by atoms with Crippen LogP contribution in [0.25, 0.3) is 0 Å². The minimum Gasteiger partial charge on any atom is -0.360 e. The molecule has 0 atom stereocenters. The van der Waals surface area contributed by atoms with Crippen molar-refractivity contribution in [2.75, 3.05) is 11.9 Å². The van der Waals surface area contributed by atoms with E-state index in [0.29, 0.717) is 11.7 Å². The first-order chi connectivity index (χ1) is 6.01. The molecule has 0 aliphatic carbocycles. The Labute approximate surface area is 80.7 Å². The van der Waals surface area contributed by atoms with Crippen molar-refractivity contribution in [3.63, 3.8) is 0 Å². The van der Waals surface area contributed by atoms with Crippen LogP contribution in [0.2, 0.25) is 0 Å². The van der Waals surface area contributed by atoms with Crippen molar-refractivity contribution in [2.45, 2.75) is 16.8 Å². The van der Waals surface area contributed by atoms with Crippen molar-refractivity contribution in [1.29, 1.82) is 0 Å². The van der Waals surface area contributed by atoms with E-state index in [9.17, 15) is 13.2 Å². The molecule has 0 unspecified atom stereocenters. The van der Waals surface area contributed by atoms with Gasteiger partial charge in [-0.2, -0.15) is 13.2 Å². The van der Waals surface area contributed by atoms with E-state index in [2.05, 4.69) is 15.5 Å². The lowest BCUT2D eigenvalue weighted by atomic mass is 10.8. The normalized spacial score (nSPS) is 11.7. The number of anilines is 1. The fraction of sp³-hybridized carbons (Fsp3) is 0.600. The first kappa shape index (κ1) is 10.6. The predicted octanol–water partition coefficient (Wildman–Crippen LogP) is 2.58. The van der Waals surface area contributed by atoms with Crippen LogP contribution in [0.3, 0.4) is 0 Å². The Morgan fingerprint density at radius 2 is 2.15 bits per heavy atom. The lowest BCUT2D eigenvalue weighted by Gasteiger charge is -1.99. The number of thioether (sulfide) groups is 1. The summed E-state index contributed by atoms with van der Waals surface area (Å²) in [5.74, 6) is 0. The van der Waals surface area contributed by atoms with Gasteiger partial charge in [0.25, 0.3) is 0 Å². The molecule has 1 rings (SSSR count). The molecular formula is C5H6F3N3S2. The Balaban J connectivity index is 2.59. The molecule has 0 aliphatic rings. The molecule has 0 fully saturated rings. The molecule has 74 valence electrons. The van der Waals surface area contributed by atoms with Gasteiger partial charge in [0.15, 0.2) is 4.34 Å². The summed E-state index contributed by atoms with van der Waals surface area (Å²) in [6.45, 7) is 2.45. The molecule has 8 heteroatoms. The predicted molar refractivity (Wildman–Crippen MR) is 46.0 cm³/mol. The van der Waals surface area contributed by atoms with E-state index >= 15 is 0 Å². The summed E-state index contributed by atoms with van der Waals surface area (Å²) in [6, 6.07) is 0. The quantitative estimate of drug-likeness (QED) is 0.808. The van der Waals surface area contributed by atoms with E-state index in [4.69, 9.17) is 0 Å². The maximum absolute atomic E-state index is 11.8. The lowest BCUT2D eigenvalue weighted by Crippen LogP contribution is -1.98. The van der Waals surface area contributed by atoms with Crippen LogP contribution in [0.4, 0.5) is 18.3 Å². The van der Waals surface area contributed by atoms with Gasteiger partial charge >= 0.3 is 5.51 Å². The standard InChI is InChI=1S/C5H6F3N3S2/c1-2-9-3-10-11-4(12-3)13-5(6,7)8/h2H2,1H3,(H,9,10). The van der Waals surface area contributed by atoms with Gasteiger partial charge in [-0.3, -0.25) is 0 Å². The Morgan fingerprint density at radius 3 is 2.69 bits per heavy atom. The molecule has 1 aromatic rings. The van der Waals surface area contributed by atoms with E-state index in [0.717, 1.165) is 11.3 Å². The van der Waals surface area contributed by atoms with Gasteiger partial charge in [0.2, 0.25) is 5.13 Å². The van der Waals surface area contributed by atoms with Gasteiger partial charge in [0.1, 0.15) is 0 Å². The zero-order chi connectivity index (χ0) is 9.90. The number of hydrogen-bond acceptors (Lipinski definition) is 5. The smallest absolute Gasteiger partial charge is 0.360 e. The van der Waals surface area contributed by atoms with Crippen molar-refractivity contribution < 1.29 is 13.2 Å². The number of alkyl halides is 3. The van der Waals surface area contributed by atoms with Crippen LogP contribution in [-0.2, 0) is 0 Å². The zero-order valence-electron chi connectivity index (χ0n) is 6.55. The van der Waals surface area contributed by atoms with Crippen LogP contribution < -0.4 is 5.32 Å². The van der Waals surface area contributed by atoms with E-state index in [1.807, 2.05) is 6.92 Å².